The van der Waals surface area contributed by atoms with Crippen molar-refractivity contribution >= 4 is 17.5 Å². The first-order valence-electron chi connectivity index (χ1n) is 8.21. The second kappa shape index (κ2) is 7.18. The van der Waals surface area contributed by atoms with E-state index < -0.39 is 0 Å². The molecule has 1 saturated heterocycles. The molecule has 3 rings (SSSR count). The van der Waals surface area contributed by atoms with Crippen LogP contribution in [-0.2, 0) is 9.59 Å². The molecule has 128 valence electrons. The summed E-state index contributed by atoms with van der Waals surface area (Å²) in [5.74, 6) is 0.00594. The lowest BCUT2D eigenvalue weighted by Crippen LogP contribution is -2.36. The van der Waals surface area contributed by atoms with Crippen LogP contribution in [-0.4, -0.2) is 39.1 Å². The van der Waals surface area contributed by atoms with E-state index in [2.05, 4.69) is 10.4 Å². The van der Waals surface area contributed by atoms with Gasteiger partial charge in [0.15, 0.2) is 0 Å². The van der Waals surface area contributed by atoms with Gasteiger partial charge in [-0.25, -0.2) is 4.68 Å². The maximum atomic E-state index is 12.2. The lowest BCUT2D eigenvalue weighted by molar-refractivity contribution is -0.130. The molecule has 0 spiro atoms. The molecule has 7 nitrogen and oxygen atoms in total. The maximum Gasteiger partial charge on any atom is 0.226 e. The highest BCUT2D eigenvalue weighted by Crippen LogP contribution is 2.17. The summed E-state index contributed by atoms with van der Waals surface area (Å²) < 4.78 is 1.60. The molecular weight excluding hydrogens is 318 g/mol. The Kier molecular flexibility index (Phi) is 4.80. The first kappa shape index (κ1) is 16.7. The topological polar surface area (TPSA) is 91.0 Å². The quantitative estimate of drug-likeness (QED) is 0.904. The molecule has 25 heavy (non-hydrogen) atoms. The number of nitriles is 1. The van der Waals surface area contributed by atoms with Gasteiger partial charge in [-0.1, -0.05) is 0 Å². The summed E-state index contributed by atoms with van der Waals surface area (Å²) in [6, 6.07) is 9.14. The van der Waals surface area contributed by atoms with Crippen molar-refractivity contribution in [2.45, 2.75) is 32.2 Å². The van der Waals surface area contributed by atoms with E-state index >= 15 is 0 Å². The molecule has 1 fully saturated rings. The number of nitrogens with one attached hydrogen (secondary N) is 1. The molecule has 0 saturated carbocycles. The summed E-state index contributed by atoms with van der Waals surface area (Å²) in [5.41, 5.74) is 1.97. The van der Waals surface area contributed by atoms with Crippen molar-refractivity contribution in [2.24, 2.45) is 0 Å². The molecule has 1 N–H and O–H groups in total. The number of nitrogens with zero attached hydrogens (tertiary/aromatic N) is 4. The number of carbonyl (C=O) groups is 2. The number of rotatable bonds is 5. The molecule has 0 radical (unpaired) electrons. The fourth-order valence-electron chi connectivity index (χ4n) is 2.94. The van der Waals surface area contributed by atoms with Crippen LogP contribution < -0.4 is 5.32 Å². The van der Waals surface area contributed by atoms with Gasteiger partial charge in [-0.15, -0.1) is 0 Å². The van der Waals surface area contributed by atoms with E-state index in [1.165, 1.54) is 6.20 Å². The number of amides is 2. The Morgan fingerprint density at radius 1 is 1.40 bits per heavy atom. The Morgan fingerprint density at radius 3 is 2.76 bits per heavy atom. The lowest BCUT2D eigenvalue weighted by atomic mass is 10.2. The maximum absolute atomic E-state index is 12.2. The minimum absolute atomic E-state index is 0.0947. The van der Waals surface area contributed by atoms with Gasteiger partial charge in [-0.3, -0.25) is 9.59 Å². The van der Waals surface area contributed by atoms with Crippen LogP contribution in [0.2, 0.25) is 0 Å². The number of hydrogen-bond acceptors (Lipinski definition) is 4. The number of aromatic nitrogens is 2. The van der Waals surface area contributed by atoms with E-state index in [4.69, 9.17) is 5.26 Å². The highest BCUT2D eigenvalue weighted by atomic mass is 16.2. The van der Waals surface area contributed by atoms with E-state index in [1.807, 2.05) is 25.1 Å². The van der Waals surface area contributed by atoms with Crippen molar-refractivity contribution in [1.82, 2.24) is 14.7 Å². The minimum Gasteiger partial charge on any atom is -0.339 e. The molecule has 0 bridgehead atoms. The van der Waals surface area contributed by atoms with Crippen LogP contribution in [0.3, 0.4) is 0 Å². The van der Waals surface area contributed by atoms with Crippen LogP contribution in [0.25, 0.3) is 5.69 Å². The first-order chi connectivity index (χ1) is 12.1. The first-order valence-corrected chi connectivity index (χ1v) is 8.21. The Bertz CT molecular complexity index is 819. The van der Waals surface area contributed by atoms with Gasteiger partial charge in [0.05, 0.1) is 17.4 Å². The molecule has 7 heteroatoms. The monoisotopic (exact) mass is 337 g/mol. The van der Waals surface area contributed by atoms with Crippen molar-refractivity contribution in [3.63, 3.8) is 0 Å². The highest BCUT2D eigenvalue weighted by molar-refractivity contribution is 5.91. The third-order valence-electron chi connectivity index (χ3n) is 4.25. The summed E-state index contributed by atoms with van der Waals surface area (Å²) in [4.78, 5) is 25.7. The van der Waals surface area contributed by atoms with Gasteiger partial charge >= 0.3 is 0 Å². The Labute approximate surface area is 145 Å². The van der Waals surface area contributed by atoms with Gasteiger partial charge in [0.2, 0.25) is 11.8 Å². The third-order valence-corrected chi connectivity index (χ3v) is 4.25. The smallest absolute Gasteiger partial charge is 0.226 e. The van der Waals surface area contributed by atoms with Gasteiger partial charge in [0, 0.05) is 37.3 Å². The number of benzene rings is 1. The summed E-state index contributed by atoms with van der Waals surface area (Å²) >= 11 is 0. The van der Waals surface area contributed by atoms with Gasteiger partial charge in [-0.2, -0.15) is 10.4 Å². The van der Waals surface area contributed by atoms with E-state index in [-0.39, 0.29) is 24.3 Å². The Morgan fingerprint density at radius 2 is 2.16 bits per heavy atom. The molecule has 2 amide bonds. The lowest BCUT2D eigenvalue weighted by Gasteiger charge is -2.23. The molecule has 1 aromatic heterocycles. The summed E-state index contributed by atoms with van der Waals surface area (Å²) in [6.45, 7) is 2.63. The number of hydrogen-bond donors (Lipinski definition) is 1. The molecule has 1 aliphatic rings. The molecule has 1 aliphatic heterocycles. The van der Waals surface area contributed by atoms with Gasteiger partial charge < -0.3 is 10.2 Å². The standard InChI is InChI=1S/C18H19N5O2/c1-13(22-8-2-3-18(22)25)9-17(24)21-15-4-6-16(7-5-15)23-12-14(10-19)11-20-23/h4-7,11-13H,2-3,8-9H2,1H3,(H,21,24). The average molecular weight is 337 g/mol. The second-order valence-electron chi connectivity index (χ2n) is 6.12. The van der Waals surface area contributed by atoms with Gasteiger partial charge in [0.25, 0.3) is 0 Å². The Hall–Kier alpha value is -3.14. The van der Waals surface area contributed by atoms with Gasteiger partial charge in [0.1, 0.15) is 6.07 Å². The van der Waals surface area contributed by atoms with E-state index in [9.17, 15) is 9.59 Å². The molecular formula is C18H19N5O2. The van der Waals surface area contributed by atoms with E-state index in [0.29, 0.717) is 17.7 Å². The van der Waals surface area contributed by atoms with Crippen LogP contribution in [0.4, 0.5) is 5.69 Å². The molecule has 1 unspecified atom stereocenters. The van der Waals surface area contributed by atoms with Crippen LogP contribution in [0, 0.1) is 11.3 Å². The third kappa shape index (κ3) is 3.86. The number of carbonyl (C=O) groups excluding carboxylic acids is 2. The summed E-state index contributed by atoms with van der Waals surface area (Å²) in [7, 11) is 0. The normalized spacial score (nSPS) is 15.0. The van der Waals surface area contributed by atoms with Crippen molar-refractivity contribution in [3.05, 3.63) is 42.2 Å². The zero-order valence-corrected chi connectivity index (χ0v) is 14.0. The predicted octanol–water partition coefficient (Wildman–Crippen LogP) is 2.08. The van der Waals surface area contributed by atoms with Crippen LogP contribution in [0.15, 0.2) is 36.7 Å². The van der Waals surface area contributed by atoms with Gasteiger partial charge in [-0.05, 0) is 37.6 Å². The van der Waals surface area contributed by atoms with Crippen molar-refractivity contribution in [2.75, 3.05) is 11.9 Å². The van der Waals surface area contributed by atoms with Crippen LogP contribution in [0.5, 0.6) is 0 Å². The number of likely N-dealkylation sites (tertiary alicyclic amines) is 1. The molecule has 1 atom stereocenters. The van der Waals surface area contributed by atoms with Crippen molar-refractivity contribution < 1.29 is 9.59 Å². The van der Waals surface area contributed by atoms with Crippen molar-refractivity contribution in [3.8, 4) is 11.8 Å². The van der Waals surface area contributed by atoms with Crippen LogP contribution >= 0.6 is 0 Å². The number of anilines is 1. The molecule has 0 aliphatic carbocycles. The van der Waals surface area contributed by atoms with E-state index in [0.717, 1.165) is 18.7 Å². The molecule has 2 aromatic rings. The average Bonchev–Trinajstić information content (AvgIpc) is 3.24. The largest absolute Gasteiger partial charge is 0.339 e. The van der Waals surface area contributed by atoms with E-state index in [1.54, 1.807) is 27.9 Å². The highest BCUT2D eigenvalue weighted by Gasteiger charge is 2.26. The zero-order chi connectivity index (χ0) is 17.8. The zero-order valence-electron chi connectivity index (χ0n) is 14.0. The van der Waals surface area contributed by atoms with Crippen LogP contribution in [0.1, 0.15) is 31.7 Å². The molecule has 2 heterocycles. The Balaban J connectivity index is 1.58. The predicted molar refractivity (Wildman–Crippen MR) is 91.9 cm³/mol. The van der Waals surface area contributed by atoms with Crippen molar-refractivity contribution in [1.29, 1.82) is 5.26 Å². The fourth-order valence-corrected chi connectivity index (χ4v) is 2.94. The SMILES string of the molecule is CC(CC(=O)Nc1ccc(-n2cc(C#N)cn2)cc1)N1CCCC1=O. The summed E-state index contributed by atoms with van der Waals surface area (Å²) in [5, 5.41) is 15.8. The minimum atomic E-state index is -0.120. The fraction of sp³-hybridized carbons (Fsp3) is 0.333. The molecule has 1 aromatic carbocycles. The second-order valence-corrected chi connectivity index (χ2v) is 6.12. The summed E-state index contributed by atoms with van der Waals surface area (Å²) in [6.07, 6.45) is 4.86.